The Morgan fingerprint density at radius 3 is 2.81 bits per heavy atom. The Hall–Kier alpha value is -2.35. The third kappa shape index (κ3) is 4.32. The average molecular weight is 416 g/mol. The maximum atomic E-state index is 12.3. The van der Waals surface area contributed by atoms with Crippen molar-refractivity contribution in [1.29, 1.82) is 0 Å². The van der Waals surface area contributed by atoms with E-state index in [4.69, 9.17) is 16.0 Å². The molecule has 8 heteroatoms. The van der Waals surface area contributed by atoms with Gasteiger partial charge >= 0.3 is 0 Å². The van der Waals surface area contributed by atoms with Gasteiger partial charge < -0.3 is 9.73 Å². The molecule has 0 atom stereocenters. The molecule has 5 nitrogen and oxygen atoms in total. The number of hydrogen-bond donors (Lipinski definition) is 1. The zero-order chi connectivity index (χ0) is 18.6. The van der Waals surface area contributed by atoms with E-state index in [0.717, 1.165) is 20.3 Å². The van der Waals surface area contributed by atoms with Crippen LogP contribution in [-0.4, -0.2) is 22.5 Å². The fraction of sp³-hybridized carbons (Fsp3) is 0.105. The molecule has 0 radical (unpaired) electrons. The van der Waals surface area contributed by atoms with Crippen molar-refractivity contribution in [2.45, 2.75) is 10.1 Å². The monoisotopic (exact) mass is 415 g/mol. The first kappa shape index (κ1) is 18.0. The number of nitrogens with zero attached hydrogens (tertiary/aromatic N) is 2. The highest BCUT2D eigenvalue weighted by atomic mass is 35.5. The number of furan rings is 1. The highest BCUT2D eigenvalue weighted by molar-refractivity contribution is 8.00. The number of aromatic nitrogens is 2. The molecular formula is C19H14ClN3O2S2. The lowest BCUT2D eigenvalue weighted by atomic mass is 10.2. The second kappa shape index (κ2) is 8.12. The van der Waals surface area contributed by atoms with Crippen molar-refractivity contribution in [3.05, 3.63) is 70.9 Å². The maximum absolute atomic E-state index is 12.3. The number of carbonyl (C=O) groups excluding carboxylic acids is 1. The Labute approximate surface area is 168 Å². The van der Waals surface area contributed by atoms with Crippen LogP contribution in [0, 0.1) is 0 Å². The maximum Gasteiger partial charge on any atom is 0.217 e. The molecule has 0 fully saturated rings. The number of anilines is 1. The fourth-order valence-electron chi connectivity index (χ4n) is 2.46. The van der Waals surface area contributed by atoms with E-state index >= 15 is 0 Å². The van der Waals surface area contributed by atoms with Crippen LogP contribution >= 0.6 is 34.7 Å². The predicted octanol–water partition coefficient (Wildman–Crippen LogP) is 5.52. The van der Waals surface area contributed by atoms with Gasteiger partial charge in [0.05, 0.1) is 6.54 Å². The van der Waals surface area contributed by atoms with E-state index in [2.05, 4.69) is 15.5 Å². The Morgan fingerprint density at radius 2 is 1.96 bits per heavy atom. The second-order valence-corrected chi connectivity index (χ2v) is 8.29. The van der Waals surface area contributed by atoms with Crippen molar-refractivity contribution < 1.29 is 9.21 Å². The number of halogens is 1. The molecule has 0 saturated carbocycles. The zero-order valence-corrected chi connectivity index (χ0v) is 16.4. The summed E-state index contributed by atoms with van der Waals surface area (Å²) in [5.41, 5.74) is 1.75. The SMILES string of the molecule is O=C(CNc1nnc(SCc2ccccc2Cl)s1)c1cc2ccccc2o1. The molecule has 0 spiro atoms. The zero-order valence-electron chi connectivity index (χ0n) is 14.0. The molecule has 0 amide bonds. The molecule has 2 aromatic heterocycles. The van der Waals surface area contributed by atoms with E-state index in [1.807, 2.05) is 48.5 Å². The van der Waals surface area contributed by atoms with E-state index in [0.29, 0.717) is 22.2 Å². The Balaban J connectivity index is 1.34. The fourth-order valence-corrected chi connectivity index (χ4v) is 4.49. The molecule has 27 heavy (non-hydrogen) atoms. The number of benzene rings is 2. The topological polar surface area (TPSA) is 68.0 Å². The second-order valence-electron chi connectivity index (χ2n) is 5.68. The van der Waals surface area contributed by atoms with Gasteiger partial charge in [0, 0.05) is 16.2 Å². The first-order valence-electron chi connectivity index (χ1n) is 8.14. The van der Waals surface area contributed by atoms with Crippen molar-refractivity contribution in [2.24, 2.45) is 0 Å². The van der Waals surface area contributed by atoms with Gasteiger partial charge in [0.25, 0.3) is 0 Å². The average Bonchev–Trinajstić information content (AvgIpc) is 3.32. The molecule has 1 N–H and O–H groups in total. The molecule has 0 aliphatic heterocycles. The standard InChI is InChI=1S/C19H14ClN3O2S2/c20-14-7-3-1-6-13(14)11-26-19-23-22-18(27-19)21-10-15(24)17-9-12-5-2-4-8-16(12)25-17/h1-9H,10-11H2,(H,21,22). The van der Waals surface area contributed by atoms with E-state index < -0.39 is 0 Å². The van der Waals surface area contributed by atoms with Crippen LogP contribution in [0.5, 0.6) is 0 Å². The van der Waals surface area contributed by atoms with Crippen LogP contribution < -0.4 is 5.32 Å². The number of hydrogen-bond acceptors (Lipinski definition) is 7. The lowest BCUT2D eigenvalue weighted by molar-refractivity contribution is 0.0982. The quantitative estimate of drug-likeness (QED) is 0.316. The molecule has 2 heterocycles. The summed E-state index contributed by atoms with van der Waals surface area (Å²) >= 11 is 9.13. The summed E-state index contributed by atoms with van der Waals surface area (Å²) in [5.74, 6) is 0.917. The van der Waals surface area contributed by atoms with Crippen molar-refractivity contribution in [3.8, 4) is 0 Å². The molecule has 0 unspecified atom stereocenters. The summed E-state index contributed by atoms with van der Waals surface area (Å²) in [6, 6.07) is 17.0. The largest absolute Gasteiger partial charge is 0.453 e. The van der Waals surface area contributed by atoms with Gasteiger partial charge in [-0.15, -0.1) is 10.2 Å². The third-order valence-electron chi connectivity index (χ3n) is 3.82. The number of carbonyl (C=O) groups is 1. The van der Waals surface area contributed by atoms with E-state index in [-0.39, 0.29) is 12.3 Å². The molecular weight excluding hydrogens is 402 g/mol. The van der Waals surface area contributed by atoms with Crippen molar-refractivity contribution in [3.63, 3.8) is 0 Å². The van der Waals surface area contributed by atoms with Crippen molar-refractivity contribution in [2.75, 3.05) is 11.9 Å². The van der Waals surface area contributed by atoms with Crippen molar-refractivity contribution >= 4 is 56.6 Å². The minimum atomic E-state index is -0.133. The van der Waals surface area contributed by atoms with Crippen LogP contribution in [0.3, 0.4) is 0 Å². The minimum Gasteiger partial charge on any atom is -0.453 e. The summed E-state index contributed by atoms with van der Waals surface area (Å²) in [6.07, 6.45) is 0. The number of para-hydroxylation sites is 1. The summed E-state index contributed by atoms with van der Waals surface area (Å²) < 4.78 is 6.40. The number of nitrogens with one attached hydrogen (secondary N) is 1. The van der Waals surface area contributed by atoms with Crippen LogP contribution in [-0.2, 0) is 5.75 Å². The van der Waals surface area contributed by atoms with Crippen molar-refractivity contribution in [1.82, 2.24) is 10.2 Å². The lowest BCUT2D eigenvalue weighted by Gasteiger charge is -2.01. The number of rotatable bonds is 7. The number of fused-ring (bicyclic) bond motifs is 1. The molecule has 2 aromatic carbocycles. The summed E-state index contributed by atoms with van der Waals surface area (Å²) in [7, 11) is 0. The van der Waals surface area contributed by atoms with E-state index in [1.165, 1.54) is 11.3 Å². The molecule has 0 aliphatic rings. The molecule has 4 rings (SSSR count). The highest BCUT2D eigenvalue weighted by Gasteiger charge is 2.13. The smallest absolute Gasteiger partial charge is 0.217 e. The van der Waals surface area contributed by atoms with E-state index in [1.54, 1.807) is 17.8 Å². The minimum absolute atomic E-state index is 0.101. The Morgan fingerprint density at radius 1 is 1.15 bits per heavy atom. The molecule has 0 bridgehead atoms. The van der Waals surface area contributed by atoms with E-state index in [9.17, 15) is 4.79 Å². The van der Waals surface area contributed by atoms with Crippen LogP contribution in [0.1, 0.15) is 16.1 Å². The first-order valence-corrected chi connectivity index (χ1v) is 10.3. The highest BCUT2D eigenvalue weighted by Crippen LogP contribution is 2.30. The van der Waals surface area contributed by atoms with Gasteiger partial charge in [-0.3, -0.25) is 4.79 Å². The van der Waals surface area contributed by atoms with Crippen LogP contribution in [0.2, 0.25) is 5.02 Å². The van der Waals surface area contributed by atoms with Gasteiger partial charge in [0.1, 0.15) is 5.58 Å². The van der Waals surface area contributed by atoms with Gasteiger partial charge in [-0.25, -0.2) is 0 Å². The van der Waals surface area contributed by atoms with Gasteiger partial charge in [-0.2, -0.15) is 0 Å². The molecule has 136 valence electrons. The molecule has 4 aromatic rings. The van der Waals surface area contributed by atoms with Gasteiger partial charge in [-0.1, -0.05) is 71.1 Å². The Kier molecular flexibility index (Phi) is 5.42. The molecule has 0 saturated heterocycles. The van der Waals surface area contributed by atoms with Gasteiger partial charge in [0.2, 0.25) is 10.9 Å². The predicted molar refractivity (Wildman–Crippen MR) is 110 cm³/mol. The lowest BCUT2D eigenvalue weighted by Crippen LogP contribution is -2.13. The third-order valence-corrected chi connectivity index (χ3v) is 6.25. The number of thioether (sulfide) groups is 1. The van der Waals surface area contributed by atoms with Crippen LogP contribution in [0.4, 0.5) is 5.13 Å². The van der Waals surface area contributed by atoms with Gasteiger partial charge in [-0.05, 0) is 23.8 Å². The summed E-state index contributed by atoms with van der Waals surface area (Å²) in [6.45, 7) is 0.101. The number of ketones is 1. The molecule has 0 aliphatic carbocycles. The van der Waals surface area contributed by atoms with Crippen LogP contribution in [0.15, 0.2) is 63.4 Å². The Bertz CT molecular complexity index is 1060. The summed E-state index contributed by atoms with van der Waals surface area (Å²) in [4.78, 5) is 12.3. The first-order chi connectivity index (χ1) is 13.2. The van der Waals surface area contributed by atoms with Crippen LogP contribution in [0.25, 0.3) is 11.0 Å². The normalized spacial score (nSPS) is 11.0. The number of Topliss-reactive ketones (excluding diaryl/α,β-unsaturated/α-hetero) is 1. The summed E-state index contributed by atoms with van der Waals surface area (Å²) in [5, 5.41) is 13.5. The van der Waals surface area contributed by atoms with Gasteiger partial charge in [0.15, 0.2) is 10.1 Å².